The maximum absolute atomic E-state index is 14.4. The van der Waals surface area contributed by atoms with E-state index in [0.29, 0.717) is 36.6 Å². The van der Waals surface area contributed by atoms with Gasteiger partial charge >= 0.3 is 0 Å². The summed E-state index contributed by atoms with van der Waals surface area (Å²) < 4.78 is 15.3. The van der Waals surface area contributed by atoms with Crippen molar-refractivity contribution in [3.8, 4) is 22.6 Å². The summed E-state index contributed by atoms with van der Waals surface area (Å²) in [5.41, 5.74) is 10.0. The van der Waals surface area contributed by atoms with Crippen LogP contribution in [-0.2, 0) is 28.8 Å². The van der Waals surface area contributed by atoms with Crippen molar-refractivity contribution in [2.75, 3.05) is 6.61 Å². The zero-order valence-electron chi connectivity index (χ0n) is 27.3. The highest BCUT2D eigenvalue weighted by Crippen LogP contribution is 2.36. The molecule has 0 saturated heterocycles. The van der Waals surface area contributed by atoms with Gasteiger partial charge in [0.25, 0.3) is 12.0 Å². The molecule has 0 bridgehead atoms. The molecule has 2 aliphatic rings. The molecule has 1 N–H and O–H groups in total. The average Bonchev–Trinajstić information content (AvgIpc) is 3.81. The summed E-state index contributed by atoms with van der Waals surface area (Å²) in [4.78, 5) is 29.1. The summed E-state index contributed by atoms with van der Waals surface area (Å²) in [5, 5.41) is 4.57. The van der Waals surface area contributed by atoms with Gasteiger partial charge in [0.2, 0.25) is 5.78 Å². The fourth-order valence-corrected chi connectivity index (χ4v) is 6.43. The van der Waals surface area contributed by atoms with Crippen molar-refractivity contribution < 1.29 is 14.3 Å². The molecular weight excluding hydrogens is 592 g/mol. The summed E-state index contributed by atoms with van der Waals surface area (Å²) in [7, 11) is 0. The number of fused-ring (bicyclic) bond motifs is 2. The molecule has 0 radical (unpaired) electrons. The average molecular weight is 633 g/mol. The standard InChI is InChI=1S/C37H40N6O4/c1-5-7-19-45-36-40-33(41-47-36)29-12-9-8-11-28(29)25-15-13-24(14-16-25)20-30-31(10-6-2)43-35(38-23-39-43)42(34(30)44)27-17-18-32-26(21-27)22-37(3,4)46-32/h8-9,11-18,21,23,36H,5-7,10,19-20,22H2,1-4H3,(H,40,41). The smallest absolute Gasteiger partial charge is 0.282 e. The number of hydrogen-bond acceptors (Lipinski definition) is 8. The first-order valence-corrected chi connectivity index (χ1v) is 16.4. The number of ether oxygens (including phenoxy) is 2. The Labute approximate surface area is 274 Å². The Hall–Kier alpha value is -4.80. The SMILES string of the molecule is CCCCOC1N=C(c2ccccc2-c2ccc(Cc3c(CCC)n4ncnc4n(-c4ccc5c(c4)CC(C)(C)O5)c3=O)cc2)NO1. The number of hydrogen-bond donors (Lipinski definition) is 1. The number of aliphatic imine (C=N–C) groups is 1. The van der Waals surface area contributed by atoms with E-state index in [1.165, 1.54) is 6.33 Å². The maximum atomic E-state index is 14.4. The van der Waals surface area contributed by atoms with Gasteiger partial charge in [-0.15, -0.1) is 0 Å². The van der Waals surface area contributed by atoms with Crippen LogP contribution in [0.1, 0.15) is 74.9 Å². The van der Waals surface area contributed by atoms with Gasteiger partial charge in [0.05, 0.1) is 18.0 Å². The van der Waals surface area contributed by atoms with Gasteiger partial charge in [-0.25, -0.2) is 24.4 Å². The Morgan fingerprint density at radius 1 is 1.02 bits per heavy atom. The number of nitrogens with zero attached hydrogens (tertiary/aromatic N) is 5. The first-order chi connectivity index (χ1) is 22.8. The Bertz CT molecular complexity index is 2010. The van der Waals surface area contributed by atoms with Gasteiger partial charge < -0.3 is 9.47 Å². The molecule has 2 aliphatic heterocycles. The highest BCUT2D eigenvalue weighted by molar-refractivity contribution is 6.04. The van der Waals surface area contributed by atoms with E-state index >= 15 is 0 Å². The number of unbranched alkanes of at least 4 members (excludes halogenated alkanes) is 1. The number of nitrogens with one attached hydrogen (secondary N) is 1. The van der Waals surface area contributed by atoms with Crippen LogP contribution in [0.5, 0.6) is 5.75 Å². The lowest BCUT2D eigenvalue weighted by molar-refractivity contribution is -0.144. The Kier molecular flexibility index (Phi) is 8.38. The van der Waals surface area contributed by atoms with E-state index in [4.69, 9.17) is 14.3 Å². The van der Waals surface area contributed by atoms with Crippen molar-refractivity contribution in [1.82, 2.24) is 24.6 Å². The number of aryl methyl sites for hydroxylation is 1. The van der Waals surface area contributed by atoms with Crippen LogP contribution in [0, 0.1) is 0 Å². The van der Waals surface area contributed by atoms with Gasteiger partial charge in [-0.05, 0) is 61.6 Å². The summed E-state index contributed by atoms with van der Waals surface area (Å²) in [6, 6.07) is 22.4. The molecule has 4 heterocycles. The molecule has 0 saturated carbocycles. The van der Waals surface area contributed by atoms with Crippen LogP contribution in [0.15, 0.2) is 82.8 Å². The number of rotatable bonds is 11. The minimum Gasteiger partial charge on any atom is -0.487 e. The molecule has 10 nitrogen and oxygen atoms in total. The van der Waals surface area contributed by atoms with E-state index < -0.39 is 6.41 Å². The van der Waals surface area contributed by atoms with Crippen LogP contribution in [-0.4, -0.2) is 43.6 Å². The Morgan fingerprint density at radius 2 is 1.83 bits per heavy atom. The molecule has 3 aromatic carbocycles. The largest absolute Gasteiger partial charge is 0.487 e. The second kappa shape index (κ2) is 12.8. The summed E-state index contributed by atoms with van der Waals surface area (Å²) in [6.45, 7) is 8.98. The Morgan fingerprint density at radius 3 is 2.62 bits per heavy atom. The minimum absolute atomic E-state index is 0.0810. The van der Waals surface area contributed by atoms with Crippen molar-refractivity contribution in [3.63, 3.8) is 0 Å². The number of hydroxylamine groups is 1. The Balaban J connectivity index is 1.22. The van der Waals surface area contributed by atoms with Gasteiger partial charge in [0, 0.05) is 29.5 Å². The maximum Gasteiger partial charge on any atom is 0.282 e. The third-order valence-corrected chi connectivity index (χ3v) is 8.66. The van der Waals surface area contributed by atoms with E-state index in [9.17, 15) is 4.79 Å². The van der Waals surface area contributed by atoms with E-state index in [1.54, 1.807) is 4.57 Å². The van der Waals surface area contributed by atoms with Gasteiger partial charge in [-0.2, -0.15) is 10.1 Å². The van der Waals surface area contributed by atoms with Crippen molar-refractivity contribution >= 4 is 11.6 Å². The van der Waals surface area contributed by atoms with E-state index in [2.05, 4.69) is 78.6 Å². The molecule has 0 amide bonds. The molecule has 2 aromatic heterocycles. The van der Waals surface area contributed by atoms with Crippen molar-refractivity contribution in [2.24, 2.45) is 4.99 Å². The quantitative estimate of drug-likeness (QED) is 0.173. The topological polar surface area (TPSA) is 104 Å². The fraction of sp³-hybridized carbons (Fsp3) is 0.351. The molecular formula is C37H40N6O4. The normalized spacial score (nSPS) is 16.6. The molecule has 1 atom stereocenters. The second-order valence-corrected chi connectivity index (χ2v) is 12.8. The lowest BCUT2D eigenvalue weighted by Gasteiger charge is -2.16. The third kappa shape index (κ3) is 6.06. The third-order valence-electron chi connectivity index (χ3n) is 8.66. The number of aromatic nitrogens is 4. The van der Waals surface area contributed by atoms with Crippen LogP contribution in [0.3, 0.4) is 0 Å². The van der Waals surface area contributed by atoms with Gasteiger partial charge in [0.15, 0.2) is 5.84 Å². The molecule has 5 aromatic rings. The van der Waals surface area contributed by atoms with Crippen LogP contribution in [0.25, 0.3) is 22.6 Å². The zero-order chi connectivity index (χ0) is 32.5. The molecule has 0 spiro atoms. The van der Waals surface area contributed by atoms with Gasteiger partial charge in [0.1, 0.15) is 17.7 Å². The summed E-state index contributed by atoms with van der Waals surface area (Å²) in [5.74, 6) is 2.01. The van der Waals surface area contributed by atoms with E-state index in [1.807, 2.05) is 40.9 Å². The van der Waals surface area contributed by atoms with E-state index in [-0.39, 0.29) is 11.2 Å². The fourth-order valence-electron chi connectivity index (χ4n) is 6.43. The summed E-state index contributed by atoms with van der Waals surface area (Å²) in [6.07, 6.45) is 5.68. The van der Waals surface area contributed by atoms with Gasteiger partial charge in [-0.3, -0.25) is 4.79 Å². The monoisotopic (exact) mass is 632 g/mol. The second-order valence-electron chi connectivity index (χ2n) is 12.8. The highest BCUT2D eigenvalue weighted by atomic mass is 16.8. The molecule has 10 heteroatoms. The van der Waals surface area contributed by atoms with Crippen LogP contribution in [0.2, 0.25) is 0 Å². The van der Waals surface area contributed by atoms with Crippen LogP contribution in [0.4, 0.5) is 0 Å². The minimum atomic E-state index is -0.660. The molecule has 47 heavy (non-hydrogen) atoms. The molecule has 242 valence electrons. The molecule has 7 rings (SSSR count). The molecule has 0 fully saturated rings. The number of benzene rings is 3. The zero-order valence-corrected chi connectivity index (χ0v) is 27.3. The predicted molar refractivity (Wildman–Crippen MR) is 181 cm³/mol. The lowest BCUT2D eigenvalue weighted by atomic mass is 9.96. The van der Waals surface area contributed by atoms with Crippen LogP contribution < -0.4 is 15.8 Å². The first-order valence-electron chi connectivity index (χ1n) is 16.4. The highest BCUT2D eigenvalue weighted by Gasteiger charge is 2.31. The molecule has 1 unspecified atom stereocenters. The predicted octanol–water partition coefficient (Wildman–Crippen LogP) is 6.19. The van der Waals surface area contributed by atoms with Crippen LogP contribution >= 0.6 is 0 Å². The van der Waals surface area contributed by atoms with Crippen molar-refractivity contribution in [1.29, 1.82) is 0 Å². The lowest BCUT2D eigenvalue weighted by Crippen LogP contribution is -2.28. The first kappa shape index (κ1) is 30.8. The van der Waals surface area contributed by atoms with Crippen molar-refractivity contribution in [2.45, 2.75) is 78.2 Å². The van der Waals surface area contributed by atoms with Crippen molar-refractivity contribution in [3.05, 3.63) is 111 Å². The number of amidine groups is 1. The summed E-state index contributed by atoms with van der Waals surface area (Å²) >= 11 is 0. The molecule has 0 aliphatic carbocycles. The van der Waals surface area contributed by atoms with E-state index in [0.717, 1.165) is 70.6 Å². The van der Waals surface area contributed by atoms with Gasteiger partial charge in [-0.1, -0.05) is 75.2 Å².